The topological polar surface area (TPSA) is 65.4 Å². The van der Waals surface area contributed by atoms with E-state index in [1.54, 1.807) is 0 Å². The zero-order valence-electron chi connectivity index (χ0n) is 15.1. The van der Waals surface area contributed by atoms with Crippen LogP contribution < -0.4 is 5.32 Å². The molecule has 1 aliphatic carbocycles. The highest BCUT2D eigenvalue weighted by Gasteiger charge is 2.35. The first-order chi connectivity index (χ1) is 12.0. The number of nitriles is 1. The smallest absolute Gasteiger partial charge is 0.252 e. The monoisotopic (exact) mass is 341 g/mol. The third kappa shape index (κ3) is 4.39. The van der Waals surface area contributed by atoms with Crippen LogP contribution in [0.3, 0.4) is 0 Å². The van der Waals surface area contributed by atoms with Crippen LogP contribution in [0.1, 0.15) is 55.5 Å². The Balaban J connectivity index is 1.60. The normalized spacial score (nSPS) is 26.1. The van der Waals surface area contributed by atoms with Gasteiger partial charge in [-0.3, -0.25) is 9.69 Å². The lowest BCUT2D eigenvalue weighted by atomic mass is 9.99. The molecule has 0 radical (unpaired) electrons. The van der Waals surface area contributed by atoms with Crippen LogP contribution in [0, 0.1) is 11.3 Å². The van der Waals surface area contributed by atoms with Gasteiger partial charge in [0, 0.05) is 25.2 Å². The Bertz CT molecular complexity index is 634. The molecule has 1 aromatic carbocycles. The van der Waals surface area contributed by atoms with Gasteiger partial charge in [-0.25, -0.2) is 0 Å². The summed E-state index contributed by atoms with van der Waals surface area (Å²) >= 11 is 0. The molecular weight excluding hydrogens is 314 g/mol. The van der Waals surface area contributed by atoms with Gasteiger partial charge in [-0.15, -0.1) is 0 Å². The number of hydrogen-bond donors (Lipinski definition) is 1. The lowest BCUT2D eigenvalue weighted by Crippen LogP contribution is -2.45. The van der Waals surface area contributed by atoms with Gasteiger partial charge in [0.25, 0.3) is 5.91 Å². The van der Waals surface area contributed by atoms with Crippen molar-refractivity contribution >= 4 is 5.91 Å². The third-order valence-electron chi connectivity index (χ3n) is 5.14. The standard InChI is InChI=1S/C20H27N3O2/c1-15-11-23(12-16(2)25-15)13-17-5-7-18(8-6-17)19(24)22-20(14-21)9-3-4-10-20/h5-8,15-16H,3-4,9-13H2,1-2H3,(H,22,24). The largest absolute Gasteiger partial charge is 0.373 e. The van der Waals surface area contributed by atoms with Crippen LogP contribution in [0.25, 0.3) is 0 Å². The molecule has 0 bridgehead atoms. The van der Waals surface area contributed by atoms with E-state index in [1.165, 1.54) is 5.56 Å². The van der Waals surface area contributed by atoms with Crippen molar-refractivity contribution in [2.24, 2.45) is 0 Å². The number of benzene rings is 1. The summed E-state index contributed by atoms with van der Waals surface area (Å²) in [5.74, 6) is -0.149. The van der Waals surface area contributed by atoms with E-state index in [-0.39, 0.29) is 18.1 Å². The number of nitrogens with zero attached hydrogens (tertiary/aromatic N) is 2. The van der Waals surface area contributed by atoms with Crippen LogP contribution in [-0.2, 0) is 11.3 Å². The second-order valence-corrected chi connectivity index (χ2v) is 7.50. The highest BCUT2D eigenvalue weighted by atomic mass is 16.5. The summed E-state index contributed by atoms with van der Waals surface area (Å²) in [5, 5.41) is 12.3. The average molecular weight is 341 g/mol. The van der Waals surface area contributed by atoms with Gasteiger partial charge >= 0.3 is 0 Å². The zero-order valence-corrected chi connectivity index (χ0v) is 15.1. The molecule has 1 saturated heterocycles. The fourth-order valence-corrected chi connectivity index (χ4v) is 3.97. The molecule has 2 aliphatic rings. The van der Waals surface area contributed by atoms with Crippen LogP contribution in [0.4, 0.5) is 0 Å². The van der Waals surface area contributed by atoms with Gasteiger partial charge in [-0.2, -0.15) is 5.26 Å². The summed E-state index contributed by atoms with van der Waals surface area (Å²) in [6.45, 7) is 6.92. The number of hydrogen-bond acceptors (Lipinski definition) is 4. The number of carbonyl (C=O) groups excluding carboxylic acids is 1. The summed E-state index contributed by atoms with van der Waals surface area (Å²) in [7, 11) is 0. The minimum atomic E-state index is -0.671. The van der Waals surface area contributed by atoms with Crippen LogP contribution in [0.5, 0.6) is 0 Å². The molecule has 25 heavy (non-hydrogen) atoms. The van der Waals surface area contributed by atoms with Crippen molar-refractivity contribution < 1.29 is 9.53 Å². The molecule has 0 aromatic heterocycles. The van der Waals surface area contributed by atoms with Crippen molar-refractivity contribution in [1.82, 2.24) is 10.2 Å². The number of rotatable bonds is 4. The molecule has 2 atom stereocenters. The summed E-state index contributed by atoms with van der Waals surface area (Å²) in [5.41, 5.74) is 1.14. The fourth-order valence-electron chi connectivity index (χ4n) is 3.97. The Morgan fingerprint density at radius 3 is 2.40 bits per heavy atom. The Labute approximate surface area is 150 Å². The number of morpholine rings is 1. The van der Waals surface area contributed by atoms with Crippen molar-refractivity contribution in [3.05, 3.63) is 35.4 Å². The van der Waals surface area contributed by atoms with E-state index in [0.717, 1.165) is 45.3 Å². The minimum Gasteiger partial charge on any atom is -0.373 e. The first-order valence-electron chi connectivity index (χ1n) is 9.20. The minimum absolute atomic E-state index is 0.149. The Hall–Kier alpha value is -1.90. The van der Waals surface area contributed by atoms with Gasteiger partial charge in [0.1, 0.15) is 5.54 Å². The quantitative estimate of drug-likeness (QED) is 0.914. The van der Waals surface area contributed by atoms with E-state index < -0.39 is 5.54 Å². The molecule has 1 amide bonds. The molecule has 1 saturated carbocycles. The van der Waals surface area contributed by atoms with E-state index in [2.05, 4.69) is 30.1 Å². The number of carbonyl (C=O) groups is 1. The molecule has 5 nitrogen and oxygen atoms in total. The average Bonchev–Trinajstić information content (AvgIpc) is 3.03. The highest BCUT2D eigenvalue weighted by molar-refractivity contribution is 5.95. The maximum Gasteiger partial charge on any atom is 0.252 e. The lowest BCUT2D eigenvalue weighted by Gasteiger charge is -2.35. The highest BCUT2D eigenvalue weighted by Crippen LogP contribution is 2.29. The van der Waals surface area contributed by atoms with Gasteiger partial charge in [-0.1, -0.05) is 12.1 Å². The van der Waals surface area contributed by atoms with E-state index in [1.807, 2.05) is 24.3 Å². The molecule has 134 valence electrons. The molecule has 1 aliphatic heterocycles. The molecule has 1 heterocycles. The molecule has 5 heteroatoms. The van der Waals surface area contributed by atoms with Gasteiger partial charge in [0.05, 0.1) is 18.3 Å². The Morgan fingerprint density at radius 1 is 1.24 bits per heavy atom. The summed E-state index contributed by atoms with van der Waals surface area (Å²) in [6.07, 6.45) is 4.01. The molecular formula is C20H27N3O2. The predicted octanol–water partition coefficient (Wildman–Crippen LogP) is 2.86. The first-order valence-corrected chi connectivity index (χ1v) is 9.20. The van der Waals surface area contributed by atoms with E-state index in [0.29, 0.717) is 5.56 Å². The fraction of sp³-hybridized carbons (Fsp3) is 0.600. The van der Waals surface area contributed by atoms with Crippen molar-refractivity contribution in [1.29, 1.82) is 5.26 Å². The van der Waals surface area contributed by atoms with Crippen LogP contribution in [-0.4, -0.2) is 41.6 Å². The molecule has 2 fully saturated rings. The lowest BCUT2D eigenvalue weighted by molar-refractivity contribution is -0.0704. The second kappa shape index (κ2) is 7.55. The third-order valence-corrected chi connectivity index (χ3v) is 5.14. The van der Waals surface area contributed by atoms with E-state index in [4.69, 9.17) is 4.74 Å². The van der Waals surface area contributed by atoms with E-state index >= 15 is 0 Å². The number of ether oxygens (including phenoxy) is 1. The number of nitrogens with one attached hydrogen (secondary N) is 1. The molecule has 1 aromatic rings. The summed E-state index contributed by atoms with van der Waals surface area (Å²) in [6, 6.07) is 10.0. The maximum atomic E-state index is 12.5. The van der Waals surface area contributed by atoms with Crippen molar-refractivity contribution in [3.63, 3.8) is 0 Å². The summed E-state index contributed by atoms with van der Waals surface area (Å²) < 4.78 is 5.77. The Kier molecular flexibility index (Phi) is 5.41. The molecule has 3 rings (SSSR count). The maximum absolute atomic E-state index is 12.5. The number of amides is 1. The molecule has 2 unspecified atom stereocenters. The van der Waals surface area contributed by atoms with Crippen LogP contribution >= 0.6 is 0 Å². The van der Waals surface area contributed by atoms with Gasteiger partial charge in [0.2, 0.25) is 0 Å². The Morgan fingerprint density at radius 2 is 1.84 bits per heavy atom. The van der Waals surface area contributed by atoms with Gasteiger partial charge in [0.15, 0.2) is 0 Å². The van der Waals surface area contributed by atoms with Gasteiger partial charge < -0.3 is 10.1 Å². The van der Waals surface area contributed by atoms with Gasteiger partial charge in [-0.05, 0) is 57.2 Å². The molecule has 1 N–H and O–H groups in total. The first kappa shape index (κ1) is 17.9. The van der Waals surface area contributed by atoms with Crippen LogP contribution in [0.2, 0.25) is 0 Å². The van der Waals surface area contributed by atoms with Crippen molar-refractivity contribution in [2.75, 3.05) is 13.1 Å². The van der Waals surface area contributed by atoms with Crippen LogP contribution in [0.15, 0.2) is 24.3 Å². The summed E-state index contributed by atoms with van der Waals surface area (Å²) in [4.78, 5) is 14.8. The van der Waals surface area contributed by atoms with Crippen molar-refractivity contribution in [3.8, 4) is 6.07 Å². The van der Waals surface area contributed by atoms with E-state index in [9.17, 15) is 10.1 Å². The van der Waals surface area contributed by atoms with Crippen molar-refractivity contribution in [2.45, 2.75) is 63.8 Å². The second-order valence-electron chi connectivity index (χ2n) is 7.50. The molecule has 0 spiro atoms. The zero-order chi connectivity index (χ0) is 17.9. The SMILES string of the molecule is CC1CN(Cc2ccc(C(=O)NC3(C#N)CCCC3)cc2)CC(C)O1. The predicted molar refractivity (Wildman–Crippen MR) is 96.0 cm³/mol.